The van der Waals surface area contributed by atoms with E-state index in [-0.39, 0.29) is 17.4 Å². The van der Waals surface area contributed by atoms with Gasteiger partial charge in [0.25, 0.3) is 5.56 Å². The van der Waals surface area contributed by atoms with E-state index in [9.17, 15) is 9.59 Å². The first-order chi connectivity index (χ1) is 14.5. The van der Waals surface area contributed by atoms with Gasteiger partial charge in [-0.15, -0.1) is 0 Å². The van der Waals surface area contributed by atoms with Crippen LogP contribution in [0.2, 0.25) is 0 Å². The number of aryl methyl sites for hydroxylation is 1. The number of nitrogens with one attached hydrogen (secondary N) is 1. The van der Waals surface area contributed by atoms with Gasteiger partial charge in [0, 0.05) is 19.0 Å². The summed E-state index contributed by atoms with van der Waals surface area (Å²) in [5, 5.41) is 0.605. The average molecular weight is 419 g/mol. The van der Waals surface area contributed by atoms with Gasteiger partial charge >= 0.3 is 0 Å². The smallest absolute Gasteiger partial charge is 0.278 e. The lowest BCUT2D eigenvalue weighted by atomic mass is 10.0. The molecule has 0 fully saturated rings. The fourth-order valence-corrected chi connectivity index (χ4v) is 4.19. The van der Waals surface area contributed by atoms with Crippen molar-refractivity contribution in [3.05, 3.63) is 76.6 Å². The number of carbonyl (C=O) groups excluding carboxylic acids is 1. The molecule has 1 atom stereocenters. The van der Waals surface area contributed by atoms with Crippen molar-refractivity contribution < 1.29 is 4.79 Å². The molecule has 4 aromatic rings. The van der Waals surface area contributed by atoms with Crippen molar-refractivity contribution in [3.63, 3.8) is 0 Å². The van der Waals surface area contributed by atoms with Crippen LogP contribution in [0.1, 0.15) is 18.9 Å². The second-order valence-corrected chi connectivity index (χ2v) is 8.13. The number of hydrogen-bond donors (Lipinski definition) is 1. The summed E-state index contributed by atoms with van der Waals surface area (Å²) >= 11 is 1.32. The number of thiazole rings is 1. The number of ketones is 1. The molecule has 0 amide bonds. The Balaban J connectivity index is 1.54. The fourth-order valence-electron chi connectivity index (χ4n) is 3.21. The number of carbonyl (C=O) groups is 1. The molecule has 0 saturated heterocycles. The largest absolute Gasteiger partial charge is 0.341 e. The quantitative estimate of drug-likeness (QED) is 0.489. The molecule has 152 valence electrons. The third kappa shape index (κ3) is 4.16. The monoisotopic (exact) mass is 418 g/mol. The van der Waals surface area contributed by atoms with Gasteiger partial charge in [0.05, 0.1) is 6.04 Å². The van der Waals surface area contributed by atoms with E-state index >= 15 is 0 Å². The summed E-state index contributed by atoms with van der Waals surface area (Å²) in [4.78, 5) is 39.5. The van der Waals surface area contributed by atoms with Crippen molar-refractivity contribution in [2.75, 3.05) is 11.9 Å². The number of nitrogens with zero attached hydrogens (tertiary/aromatic N) is 3. The maximum absolute atomic E-state index is 12.7. The molecule has 2 aromatic carbocycles. The van der Waals surface area contributed by atoms with Crippen LogP contribution in [0, 0.1) is 0 Å². The van der Waals surface area contributed by atoms with Gasteiger partial charge in [-0.3, -0.25) is 9.59 Å². The highest BCUT2D eigenvalue weighted by Gasteiger charge is 2.22. The molecule has 30 heavy (non-hydrogen) atoms. The first-order valence-electron chi connectivity index (χ1n) is 9.78. The van der Waals surface area contributed by atoms with Crippen LogP contribution in [-0.4, -0.2) is 33.8 Å². The zero-order chi connectivity index (χ0) is 21.1. The van der Waals surface area contributed by atoms with Gasteiger partial charge < -0.3 is 9.88 Å². The molecule has 0 radical (unpaired) electrons. The number of fused-ring (bicyclic) bond motifs is 1. The zero-order valence-corrected chi connectivity index (χ0v) is 17.6. The van der Waals surface area contributed by atoms with E-state index in [1.807, 2.05) is 79.5 Å². The lowest BCUT2D eigenvalue weighted by Crippen LogP contribution is -2.36. The molecule has 1 N–H and O–H groups in total. The first kappa shape index (κ1) is 20.0. The van der Waals surface area contributed by atoms with Crippen LogP contribution in [0.5, 0.6) is 0 Å². The molecule has 2 heterocycles. The minimum Gasteiger partial charge on any atom is -0.341 e. The number of Topliss-reactive ketones (excluding diaryl/α,β-unsaturated/α-hetero) is 1. The van der Waals surface area contributed by atoms with Crippen LogP contribution in [0.4, 0.5) is 5.13 Å². The zero-order valence-electron chi connectivity index (χ0n) is 16.8. The number of likely N-dealkylation sites (N-methyl/N-ethyl adjacent to an activating group) is 1. The lowest BCUT2D eigenvalue weighted by Gasteiger charge is -2.22. The van der Waals surface area contributed by atoms with E-state index in [2.05, 4.69) is 15.0 Å². The van der Waals surface area contributed by atoms with Crippen molar-refractivity contribution in [3.8, 4) is 11.4 Å². The van der Waals surface area contributed by atoms with Gasteiger partial charge in [-0.1, -0.05) is 72.0 Å². The number of aromatic amines is 1. The van der Waals surface area contributed by atoms with Crippen molar-refractivity contribution in [2.45, 2.75) is 25.8 Å². The molecule has 6 nitrogen and oxygen atoms in total. The van der Waals surface area contributed by atoms with Gasteiger partial charge in [-0.05, 0) is 18.9 Å². The Hall–Kier alpha value is -3.32. The number of H-pyrrole nitrogens is 1. The molecular weight excluding hydrogens is 396 g/mol. The summed E-state index contributed by atoms with van der Waals surface area (Å²) in [5.74, 6) is 0.644. The van der Waals surface area contributed by atoms with Gasteiger partial charge in [-0.25, -0.2) is 9.97 Å². The van der Waals surface area contributed by atoms with Gasteiger partial charge in [0.2, 0.25) is 0 Å². The van der Waals surface area contributed by atoms with E-state index in [0.29, 0.717) is 34.1 Å². The van der Waals surface area contributed by atoms with Crippen LogP contribution < -0.4 is 10.5 Å². The van der Waals surface area contributed by atoms with Gasteiger partial charge in [-0.2, -0.15) is 0 Å². The Morgan fingerprint density at radius 2 is 1.73 bits per heavy atom. The number of anilines is 1. The summed E-state index contributed by atoms with van der Waals surface area (Å²) in [6, 6.07) is 19.1. The van der Waals surface area contributed by atoms with E-state index in [4.69, 9.17) is 0 Å². The van der Waals surface area contributed by atoms with Gasteiger partial charge in [0.15, 0.2) is 21.3 Å². The highest BCUT2D eigenvalue weighted by Crippen LogP contribution is 2.27. The third-order valence-corrected chi connectivity index (χ3v) is 6.20. The molecule has 0 aliphatic carbocycles. The summed E-state index contributed by atoms with van der Waals surface area (Å²) < 4.78 is 0. The summed E-state index contributed by atoms with van der Waals surface area (Å²) in [5.41, 5.74) is 2.00. The predicted molar refractivity (Wildman–Crippen MR) is 121 cm³/mol. The number of benzene rings is 2. The standard InChI is InChI=1S/C23H22N4O2S/c1-15(18(28)14-13-16-9-5-3-6-10-16)27(2)23-24-19-21(29)25-20(26-22(19)30-23)17-11-7-4-8-12-17/h3-12,15H,13-14H2,1-2H3,(H,25,26,29)/t15-/m1/s1. The van der Waals surface area contributed by atoms with E-state index in [1.165, 1.54) is 11.3 Å². The maximum Gasteiger partial charge on any atom is 0.278 e. The van der Waals surface area contributed by atoms with Crippen LogP contribution in [0.15, 0.2) is 65.5 Å². The summed E-state index contributed by atoms with van der Waals surface area (Å²) in [6.07, 6.45) is 1.16. The number of aromatic nitrogens is 3. The van der Waals surface area contributed by atoms with Crippen LogP contribution in [0.3, 0.4) is 0 Å². The summed E-state index contributed by atoms with van der Waals surface area (Å²) in [6.45, 7) is 1.87. The molecule has 0 spiro atoms. The topological polar surface area (TPSA) is 79.0 Å². The molecule has 0 aliphatic rings. The molecular formula is C23H22N4O2S. The minimum atomic E-state index is -0.345. The Kier molecular flexibility index (Phi) is 5.72. The predicted octanol–water partition coefficient (Wildman–Crippen LogP) is 4.07. The van der Waals surface area contributed by atoms with E-state index < -0.39 is 0 Å². The normalized spacial score (nSPS) is 12.1. The van der Waals surface area contributed by atoms with Crippen molar-refractivity contribution in [2.24, 2.45) is 0 Å². The first-order valence-corrected chi connectivity index (χ1v) is 10.6. The molecule has 0 unspecified atom stereocenters. The fraction of sp³-hybridized carbons (Fsp3) is 0.217. The van der Waals surface area contributed by atoms with Crippen molar-refractivity contribution in [1.29, 1.82) is 0 Å². The Labute approximate surface area is 178 Å². The molecule has 0 aliphatic heterocycles. The SMILES string of the molecule is C[C@H](C(=O)CCc1ccccc1)N(C)c1nc2c(=O)[nH]c(-c3ccccc3)nc2s1. The average Bonchev–Trinajstić information content (AvgIpc) is 3.22. The molecule has 7 heteroatoms. The number of rotatable bonds is 7. The molecule has 4 rings (SSSR count). The third-order valence-electron chi connectivity index (χ3n) is 5.16. The second kappa shape index (κ2) is 8.59. The molecule has 2 aromatic heterocycles. The Bertz CT molecular complexity index is 1220. The number of hydrogen-bond acceptors (Lipinski definition) is 6. The van der Waals surface area contributed by atoms with E-state index in [0.717, 1.165) is 11.1 Å². The van der Waals surface area contributed by atoms with Crippen molar-refractivity contribution in [1.82, 2.24) is 15.0 Å². The molecule has 0 saturated carbocycles. The Morgan fingerprint density at radius 1 is 1.07 bits per heavy atom. The van der Waals surface area contributed by atoms with Gasteiger partial charge in [0.1, 0.15) is 5.82 Å². The van der Waals surface area contributed by atoms with Crippen LogP contribution in [0.25, 0.3) is 21.7 Å². The highest BCUT2D eigenvalue weighted by molar-refractivity contribution is 7.21. The highest BCUT2D eigenvalue weighted by atomic mass is 32.1. The minimum absolute atomic E-state index is 0.132. The van der Waals surface area contributed by atoms with Crippen LogP contribution in [-0.2, 0) is 11.2 Å². The van der Waals surface area contributed by atoms with E-state index in [1.54, 1.807) is 0 Å². The Morgan fingerprint density at radius 3 is 2.43 bits per heavy atom. The second-order valence-electron chi connectivity index (χ2n) is 7.17. The summed E-state index contributed by atoms with van der Waals surface area (Å²) in [7, 11) is 1.83. The lowest BCUT2D eigenvalue weighted by molar-refractivity contribution is -0.119. The molecule has 0 bridgehead atoms. The maximum atomic E-state index is 12.7. The van der Waals surface area contributed by atoms with Crippen LogP contribution >= 0.6 is 11.3 Å². The van der Waals surface area contributed by atoms with Crippen molar-refractivity contribution >= 4 is 32.6 Å².